The molecule has 2 aliphatic heterocycles. The third-order valence-corrected chi connectivity index (χ3v) is 5.62. The van der Waals surface area contributed by atoms with Crippen molar-refractivity contribution in [2.75, 3.05) is 25.5 Å². The predicted octanol–water partition coefficient (Wildman–Crippen LogP) is 2.22. The number of aliphatic imine (C=N–C) groups is 1. The second-order valence-electron chi connectivity index (χ2n) is 5.99. The van der Waals surface area contributed by atoms with E-state index in [4.69, 9.17) is 0 Å². The number of nitrogens with one attached hydrogen (secondary N) is 2. The topological polar surface area (TPSA) is 77.6 Å². The van der Waals surface area contributed by atoms with Gasteiger partial charge in [0.1, 0.15) is 5.04 Å². The van der Waals surface area contributed by atoms with Crippen LogP contribution in [0.5, 0.6) is 0 Å². The van der Waals surface area contributed by atoms with Gasteiger partial charge in [0.25, 0.3) is 0 Å². The first kappa shape index (κ1) is 15.3. The summed E-state index contributed by atoms with van der Waals surface area (Å²) < 4.78 is 0. The lowest BCUT2D eigenvalue weighted by atomic mass is 10.2. The highest BCUT2D eigenvalue weighted by Gasteiger charge is 2.33. The molecule has 124 valence electrons. The monoisotopic (exact) mass is 342 g/mol. The van der Waals surface area contributed by atoms with Crippen LogP contribution in [-0.4, -0.2) is 52.1 Å². The normalized spacial score (nSPS) is 21.0. The number of para-hydroxylation sites is 1. The van der Waals surface area contributed by atoms with Crippen LogP contribution in [0.25, 0.3) is 10.9 Å². The summed E-state index contributed by atoms with van der Waals surface area (Å²) in [6.45, 7) is 1.09. The van der Waals surface area contributed by atoms with E-state index in [1.165, 1.54) is 4.90 Å². The van der Waals surface area contributed by atoms with Crippen molar-refractivity contribution < 1.29 is 9.59 Å². The first-order valence-electron chi connectivity index (χ1n) is 8.00. The van der Waals surface area contributed by atoms with Gasteiger partial charge in [-0.1, -0.05) is 23.9 Å². The zero-order chi connectivity index (χ0) is 16.7. The minimum absolute atomic E-state index is 0.0571. The third kappa shape index (κ3) is 2.58. The summed E-state index contributed by atoms with van der Waals surface area (Å²) in [5, 5.41) is 5.40. The van der Waals surface area contributed by atoms with Gasteiger partial charge < -0.3 is 10.3 Å². The fourth-order valence-electron chi connectivity index (χ4n) is 3.17. The Balaban J connectivity index is 1.50. The Labute approximate surface area is 143 Å². The van der Waals surface area contributed by atoms with E-state index in [9.17, 15) is 9.59 Å². The summed E-state index contributed by atoms with van der Waals surface area (Å²) >= 11 is 1.64. The van der Waals surface area contributed by atoms with Crippen LogP contribution in [0.2, 0.25) is 0 Å². The number of anilines is 1. The number of rotatable bonds is 4. The third-order valence-electron chi connectivity index (χ3n) is 4.41. The van der Waals surface area contributed by atoms with Crippen molar-refractivity contribution >= 4 is 45.2 Å². The molecule has 1 fully saturated rings. The fraction of sp³-hybridized carbons (Fsp3) is 0.353. The second-order valence-corrected chi connectivity index (χ2v) is 7.28. The molecule has 0 spiro atoms. The molecule has 1 aromatic carbocycles. The lowest BCUT2D eigenvalue weighted by Crippen LogP contribution is -2.35. The number of hydrogen-bond acceptors (Lipinski definition) is 5. The number of benzene rings is 1. The molecule has 1 saturated heterocycles. The van der Waals surface area contributed by atoms with Gasteiger partial charge in [0.15, 0.2) is 0 Å². The summed E-state index contributed by atoms with van der Waals surface area (Å²) in [6.07, 6.45) is 0.692. The van der Waals surface area contributed by atoms with Gasteiger partial charge in [-0.25, -0.2) is 0 Å². The molecule has 7 heteroatoms. The van der Waals surface area contributed by atoms with Crippen molar-refractivity contribution in [1.29, 1.82) is 0 Å². The number of hydrogen-bond donors (Lipinski definition) is 2. The van der Waals surface area contributed by atoms with Crippen LogP contribution >= 0.6 is 11.8 Å². The molecular formula is C17H18N4O2S. The molecule has 0 saturated carbocycles. The van der Waals surface area contributed by atoms with E-state index < -0.39 is 0 Å². The summed E-state index contributed by atoms with van der Waals surface area (Å²) in [6, 6.07) is 8.20. The summed E-state index contributed by atoms with van der Waals surface area (Å²) in [7, 11) is 1.90. The minimum atomic E-state index is -0.0571. The van der Waals surface area contributed by atoms with Crippen LogP contribution in [0.4, 0.5) is 5.69 Å². The summed E-state index contributed by atoms with van der Waals surface area (Å²) in [5.41, 5.74) is 3.10. The number of imide groups is 1. The van der Waals surface area contributed by atoms with Crippen LogP contribution in [0.1, 0.15) is 18.5 Å². The van der Waals surface area contributed by atoms with Gasteiger partial charge in [-0.2, -0.15) is 0 Å². The number of amides is 2. The highest BCUT2D eigenvalue weighted by atomic mass is 32.2. The van der Waals surface area contributed by atoms with Gasteiger partial charge >= 0.3 is 0 Å². The Morgan fingerprint density at radius 2 is 2.12 bits per heavy atom. The molecule has 0 radical (unpaired) electrons. The van der Waals surface area contributed by atoms with E-state index in [-0.39, 0.29) is 17.1 Å². The van der Waals surface area contributed by atoms with Crippen molar-refractivity contribution in [2.24, 2.45) is 4.99 Å². The first-order chi connectivity index (χ1) is 11.7. The molecule has 1 aromatic heterocycles. The minimum Gasteiger partial charge on any atom is -0.386 e. The first-order valence-corrected chi connectivity index (χ1v) is 8.88. The largest absolute Gasteiger partial charge is 0.386 e. The van der Waals surface area contributed by atoms with E-state index >= 15 is 0 Å². The molecular weight excluding hydrogens is 324 g/mol. The number of nitrogens with zero attached hydrogens (tertiary/aromatic N) is 2. The molecule has 2 amide bonds. The van der Waals surface area contributed by atoms with Crippen molar-refractivity contribution in [3.63, 3.8) is 0 Å². The second kappa shape index (κ2) is 5.98. The number of aromatic nitrogens is 1. The average Bonchev–Trinajstić information content (AvgIpc) is 3.29. The number of carbonyl (C=O) groups excluding carboxylic acids is 2. The van der Waals surface area contributed by atoms with Crippen molar-refractivity contribution in [3.05, 3.63) is 30.0 Å². The van der Waals surface area contributed by atoms with Crippen molar-refractivity contribution in [3.8, 4) is 0 Å². The zero-order valence-electron chi connectivity index (χ0n) is 13.3. The highest BCUT2D eigenvalue weighted by molar-refractivity contribution is 8.15. The molecule has 2 N–H and O–H groups in total. The fourth-order valence-corrected chi connectivity index (χ4v) is 4.25. The number of thioether (sulfide) groups is 1. The SMILES string of the molecule is CNc1cccc2cc(C3=NCC(CN4C(=O)CCC4=O)S3)[nH]c12. The van der Waals surface area contributed by atoms with Crippen molar-refractivity contribution in [2.45, 2.75) is 18.1 Å². The molecule has 4 rings (SSSR count). The number of H-pyrrole nitrogens is 1. The smallest absolute Gasteiger partial charge is 0.229 e. The maximum absolute atomic E-state index is 11.8. The Morgan fingerprint density at radius 1 is 1.33 bits per heavy atom. The Morgan fingerprint density at radius 3 is 2.88 bits per heavy atom. The molecule has 0 aliphatic carbocycles. The maximum atomic E-state index is 11.8. The Bertz CT molecular complexity index is 841. The molecule has 2 aromatic rings. The average molecular weight is 342 g/mol. The van der Waals surface area contributed by atoms with Gasteiger partial charge in [0.2, 0.25) is 11.8 Å². The quantitative estimate of drug-likeness (QED) is 0.835. The van der Waals surface area contributed by atoms with Crippen LogP contribution in [0.3, 0.4) is 0 Å². The van der Waals surface area contributed by atoms with Gasteiger partial charge in [-0.3, -0.25) is 19.5 Å². The number of aromatic amines is 1. The summed E-state index contributed by atoms with van der Waals surface area (Å²) in [4.78, 5) is 32.9. The van der Waals surface area contributed by atoms with Gasteiger partial charge in [0, 0.05) is 37.1 Å². The predicted molar refractivity (Wildman–Crippen MR) is 96.6 cm³/mol. The van der Waals surface area contributed by atoms with Crippen LogP contribution < -0.4 is 5.32 Å². The van der Waals surface area contributed by atoms with Crippen LogP contribution in [0.15, 0.2) is 29.3 Å². The Hall–Kier alpha value is -2.28. The Kier molecular flexibility index (Phi) is 3.80. The molecule has 2 aliphatic rings. The number of carbonyl (C=O) groups is 2. The number of fused-ring (bicyclic) bond motifs is 1. The molecule has 1 unspecified atom stereocenters. The van der Waals surface area contributed by atoms with Gasteiger partial charge in [-0.05, 0) is 12.1 Å². The summed E-state index contributed by atoms with van der Waals surface area (Å²) in [5.74, 6) is -0.114. The van der Waals surface area contributed by atoms with E-state index in [1.807, 2.05) is 19.2 Å². The van der Waals surface area contributed by atoms with E-state index in [2.05, 4.69) is 27.4 Å². The van der Waals surface area contributed by atoms with Crippen LogP contribution in [-0.2, 0) is 9.59 Å². The molecule has 0 bridgehead atoms. The van der Waals surface area contributed by atoms with Gasteiger partial charge in [-0.15, -0.1) is 0 Å². The lowest BCUT2D eigenvalue weighted by molar-refractivity contribution is -0.138. The van der Waals surface area contributed by atoms with E-state index in [0.29, 0.717) is 25.9 Å². The molecule has 3 heterocycles. The standard InChI is InChI=1S/C17H18N4O2S/c1-18-12-4-2-3-10-7-13(20-16(10)12)17-19-8-11(24-17)9-21-14(22)5-6-15(21)23/h2-4,7,11,18,20H,5-6,8-9H2,1H3. The highest BCUT2D eigenvalue weighted by Crippen LogP contribution is 2.30. The van der Waals surface area contributed by atoms with Crippen LogP contribution in [0, 0.1) is 0 Å². The van der Waals surface area contributed by atoms with E-state index in [0.717, 1.165) is 27.3 Å². The molecule has 1 atom stereocenters. The zero-order valence-corrected chi connectivity index (χ0v) is 14.2. The number of likely N-dealkylation sites (tertiary alicyclic amines) is 1. The lowest BCUT2D eigenvalue weighted by Gasteiger charge is -2.17. The van der Waals surface area contributed by atoms with E-state index in [1.54, 1.807) is 11.8 Å². The molecule has 6 nitrogen and oxygen atoms in total. The molecule has 24 heavy (non-hydrogen) atoms. The van der Waals surface area contributed by atoms with Crippen molar-refractivity contribution in [1.82, 2.24) is 9.88 Å². The van der Waals surface area contributed by atoms with Gasteiger partial charge in [0.05, 0.1) is 23.4 Å². The maximum Gasteiger partial charge on any atom is 0.229 e.